The summed E-state index contributed by atoms with van der Waals surface area (Å²) in [6.45, 7) is -2.75. The Kier molecular flexibility index (Phi) is 6.64. The Hall–Kier alpha value is -2.52. The number of alkyl halides is 2. The monoisotopic (exact) mass is 384 g/mol. The fourth-order valence-corrected chi connectivity index (χ4v) is 2.92. The molecule has 9 heteroatoms. The third-order valence-corrected chi connectivity index (χ3v) is 4.80. The van der Waals surface area contributed by atoms with Crippen LogP contribution < -0.4 is 14.8 Å². The van der Waals surface area contributed by atoms with Crippen molar-refractivity contribution in [3.8, 4) is 5.75 Å². The van der Waals surface area contributed by atoms with Gasteiger partial charge in [-0.1, -0.05) is 30.3 Å². The van der Waals surface area contributed by atoms with Crippen LogP contribution in [-0.2, 0) is 22.3 Å². The summed E-state index contributed by atoms with van der Waals surface area (Å²) in [6, 6.07) is 12.2. The molecule has 1 amide bonds. The molecular formula is C17H18F2N2O4S. The number of carbonyl (C=O) groups is 1. The van der Waals surface area contributed by atoms with E-state index in [1.807, 2.05) is 0 Å². The second-order valence-electron chi connectivity index (χ2n) is 5.37. The highest BCUT2D eigenvalue weighted by molar-refractivity contribution is 7.88. The van der Waals surface area contributed by atoms with Crippen LogP contribution in [0, 0.1) is 0 Å². The molecule has 0 radical (unpaired) electrons. The van der Waals surface area contributed by atoms with Gasteiger partial charge in [0.1, 0.15) is 5.75 Å². The van der Waals surface area contributed by atoms with Crippen molar-refractivity contribution in [2.45, 2.75) is 18.9 Å². The number of hydrogen-bond donors (Lipinski definition) is 2. The maximum absolute atomic E-state index is 12.2. The van der Waals surface area contributed by atoms with Crippen LogP contribution in [0.15, 0.2) is 48.5 Å². The van der Waals surface area contributed by atoms with Gasteiger partial charge in [-0.05, 0) is 36.4 Å². The minimum atomic E-state index is -3.34. The average molecular weight is 384 g/mol. The van der Waals surface area contributed by atoms with Gasteiger partial charge >= 0.3 is 6.61 Å². The van der Waals surface area contributed by atoms with Crippen molar-refractivity contribution in [3.63, 3.8) is 0 Å². The third kappa shape index (κ3) is 6.08. The fraction of sp³-hybridized carbons (Fsp3) is 0.235. The molecule has 0 bridgehead atoms. The first-order valence-corrected chi connectivity index (χ1v) is 9.26. The van der Waals surface area contributed by atoms with Crippen molar-refractivity contribution in [2.24, 2.45) is 0 Å². The molecule has 140 valence electrons. The summed E-state index contributed by atoms with van der Waals surface area (Å²) in [6.07, 6.45) is 0. The number of rotatable bonds is 8. The quantitative estimate of drug-likeness (QED) is 0.731. The summed E-state index contributed by atoms with van der Waals surface area (Å²) in [7, 11) is -2.00. The zero-order chi connectivity index (χ0) is 19.2. The molecule has 2 N–H and O–H groups in total. The summed E-state index contributed by atoms with van der Waals surface area (Å²) >= 11 is 0. The number of hydrogen-bond acceptors (Lipinski definition) is 4. The van der Waals surface area contributed by atoms with E-state index in [2.05, 4.69) is 14.8 Å². The van der Waals surface area contributed by atoms with Crippen molar-refractivity contribution in [1.82, 2.24) is 10.0 Å². The van der Waals surface area contributed by atoms with Gasteiger partial charge in [0.2, 0.25) is 10.0 Å². The number of nitrogens with one attached hydrogen (secondary N) is 2. The zero-order valence-electron chi connectivity index (χ0n) is 13.9. The standard InChI is InChI=1S/C17H18F2N2O4S/c1-20-26(23,24)11-13-7-5-12(6-8-13)10-21-16(22)14-3-2-4-15(9-14)25-17(18)19/h2-9,17,20H,10-11H2,1H3,(H,21,22). The Bertz CT molecular complexity index is 855. The van der Waals surface area contributed by atoms with Gasteiger partial charge in [0.05, 0.1) is 5.75 Å². The maximum Gasteiger partial charge on any atom is 0.387 e. The SMILES string of the molecule is CNS(=O)(=O)Cc1ccc(CNC(=O)c2cccc(OC(F)F)c2)cc1. The van der Waals surface area contributed by atoms with Crippen molar-refractivity contribution in [1.29, 1.82) is 0 Å². The van der Waals surface area contributed by atoms with Crippen LogP contribution in [0.4, 0.5) is 8.78 Å². The molecule has 0 aliphatic rings. The van der Waals surface area contributed by atoms with Crippen LogP contribution in [0.25, 0.3) is 0 Å². The highest BCUT2D eigenvalue weighted by atomic mass is 32.2. The van der Waals surface area contributed by atoms with Crippen molar-refractivity contribution in [3.05, 3.63) is 65.2 Å². The average Bonchev–Trinajstić information content (AvgIpc) is 2.60. The van der Waals surface area contributed by atoms with Gasteiger partial charge in [-0.15, -0.1) is 0 Å². The second kappa shape index (κ2) is 8.72. The van der Waals surface area contributed by atoms with Gasteiger partial charge in [-0.25, -0.2) is 13.1 Å². The summed E-state index contributed by atoms with van der Waals surface area (Å²) in [5.74, 6) is -0.665. The lowest BCUT2D eigenvalue weighted by Crippen LogP contribution is -2.23. The van der Waals surface area contributed by atoms with Crippen LogP contribution in [0.2, 0.25) is 0 Å². The van der Waals surface area contributed by atoms with E-state index in [-0.39, 0.29) is 23.6 Å². The van der Waals surface area contributed by atoms with Gasteiger partial charge in [0.15, 0.2) is 0 Å². The van der Waals surface area contributed by atoms with E-state index in [1.165, 1.54) is 31.3 Å². The first-order valence-electron chi connectivity index (χ1n) is 7.61. The number of carbonyl (C=O) groups excluding carboxylic acids is 1. The fourth-order valence-electron chi connectivity index (χ4n) is 2.14. The summed E-state index contributed by atoms with van der Waals surface area (Å²) < 4.78 is 53.9. The van der Waals surface area contributed by atoms with Crippen LogP contribution in [0.3, 0.4) is 0 Å². The van der Waals surface area contributed by atoms with E-state index < -0.39 is 22.5 Å². The highest BCUT2D eigenvalue weighted by Crippen LogP contribution is 2.16. The molecule has 0 aromatic heterocycles. The van der Waals surface area contributed by atoms with Crippen molar-refractivity contribution in [2.75, 3.05) is 7.05 Å². The lowest BCUT2D eigenvalue weighted by atomic mass is 10.1. The first-order chi connectivity index (χ1) is 12.3. The molecule has 0 aliphatic heterocycles. The van der Waals surface area contributed by atoms with Crippen LogP contribution in [-0.4, -0.2) is 28.0 Å². The normalized spacial score (nSPS) is 11.4. The molecule has 0 saturated carbocycles. The van der Waals surface area contributed by atoms with Crippen molar-refractivity contribution < 1.29 is 26.7 Å². The maximum atomic E-state index is 12.2. The molecule has 0 heterocycles. The molecule has 0 fully saturated rings. The minimum absolute atomic E-state index is 0.0947. The van der Waals surface area contributed by atoms with Gasteiger partial charge < -0.3 is 10.1 Å². The Balaban J connectivity index is 1.95. The summed E-state index contributed by atoms with van der Waals surface area (Å²) in [5, 5.41) is 2.66. The molecule has 2 aromatic rings. The lowest BCUT2D eigenvalue weighted by molar-refractivity contribution is -0.0498. The largest absolute Gasteiger partial charge is 0.435 e. The predicted molar refractivity (Wildman–Crippen MR) is 92.4 cm³/mol. The molecule has 2 rings (SSSR count). The molecule has 0 saturated heterocycles. The molecule has 26 heavy (non-hydrogen) atoms. The minimum Gasteiger partial charge on any atom is -0.435 e. The Morgan fingerprint density at radius 2 is 1.77 bits per heavy atom. The number of ether oxygens (including phenoxy) is 1. The highest BCUT2D eigenvalue weighted by Gasteiger charge is 2.10. The van der Waals surface area contributed by atoms with Crippen LogP contribution >= 0.6 is 0 Å². The number of benzene rings is 2. The Morgan fingerprint density at radius 1 is 1.12 bits per heavy atom. The number of halogens is 2. The number of sulfonamides is 1. The molecule has 0 atom stereocenters. The van der Waals surface area contributed by atoms with E-state index in [1.54, 1.807) is 24.3 Å². The molecule has 0 aliphatic carbocycles. The molecule has 0 spiro atoms. The molecule has 0 unspecified atom stereocenters. The predicted octanol–water partition coefficient (Wildman–Crippen LogP) is 2.27. The molecule has 2 aromatic carbocycles. The van der Waals surface area contributed by atoms with Gasteiger partial charge in [-0.3, -0.25) is 4.79 Å². The van der Waals surface area contributed by atoms with Crippen LogP contribution in [0.5, 0.6) is 5.75 Å². The Morgan fingerprint density at radius 3 is 2.38 bits per heavy atom. The Labute approximate surface area is 150 Å². The summed E-state index contributed by atoms with van der Waals surface area (Å²) in [4.78, 5) is 12.1. The van der Waals surface area contributed by atoms with E-state index in [0.717, 1.165) is 5.56 Å². The van der Waals surface area contributed by atoms with Gasteiger partial charge in [0.25, 0.3) is 5.91 Å². The number of amides is 1. The van der Waals surface area contributed by atoms with E-state index in [0.29, 0.717) is 5.56 Å². The van der Waals surface area contributed by atoms with E-state index in [9.17, 15) is 22.0 Å². The first kappa shape index (κ1) is 19.8. The van der Waals surface area contributed by atoms with Crippen LogP contribution in [0.1, 0.15) is 21.5 Å². The van der Waals surface area contributed by atoms with Crippen molar-refractivity contribution >= 4 is 15.9 Å². The van der Waals surface area contributed by atoms with E-state index >= 15 is 0 Å². The summed E-state index contributed by atoms with van der Waals surface area (Å²) in [5.41, 5.74) is 1.58. The lowest BCUT2D eigenvalue weighted by Gasteiger charge is -2.09. The molecular weight excluding hydrogens is 366 g/mol. The van der Waals surface area contributed by atoms with Gasteiger partial charge in [0, 0.05) is 12.1 Å². The zero-order valence-corrected chi connectivity index (χ0v) is 14.7. The topological polar surface area (TPSA) is 84.5 Å². The third-order valence-electron chi connectivity index (χ3n) is 3.47. The van der Waals surface area contributed by atoms with E-state index in [4.69, 9.17) is 0 Å². The van der Waals surface area contributed by atoms with Gasteiger partial charge in [-0.2, -0.15) is 8.78 Å². The molecule has 6 nitrogen and oxygen atoms in total. The second-order valence-corrected chi connectivity index (χ2v) is 7.30. The smallest absolute Gasteiger partial charge is 0.387 e.